The highest BCUT2D eigenvalue weighted by molar-refractivity contribution is 6.30. The molecule has 0 bridgehead atoms. The zero-order chi connectivity index (χ0) is 19.1. The van der Waals surface area contributed by atoms with Crippen LogP contribution in [-0.4, -0.2) is 21.7 Å². The van der Waals surface area contributed by atoms with Crippen molar-refractivity contribution in [2.75, 3.05) is 5.32 Å². The van der Waals surface area contributed by atoms with Gasteiger partial charge in [-0.25, -0.2) is 9.98 Å². The van der Waals surface area contributed by atoms with E-state index in [0.29, 0.717) is 40.3 Å². The van der Waals surface area contributed by atoms with E-state index in [9.17, 15) is 4.79 Å². The third kappa shape index (κ3) is 2.93. The molecule has 2 aromatic heterocycles. The maximum Gasteiger partial charge on any atom is 0.302 e. The number of nitrogens with one attached hydrogen (secondary N) is 2. The van der Waals surface area contributed by atoms with E-state index in [0.717, 1.165) is 24.1 Å². The summed E-state index contributed by atoms with van der Waals surface area (Å²) in [7, 11) is 0. The molecular formula is C20H16ClN5O2. The molecule has 1 aliphatic carbocycles. The number of carbonyl (C=O) groups is 1. The second-order valence-corrected chi connectivity index (χ2v) is 7.03. The Morgan fingerprint density at radius 3 is 2.93 bits per heavy atom. The zero-order valence-corrected chi connectivity index (χ0v) is 15.5. The van der Waals surface area contributed by atoms with E-state index in [4.69, 9.17) is 21.0 Å². The number of pyridine rings is 1. The predicted molar refractivity (Wildman–Crippen MR) is 106 cm³/mol. The number of oxazole rings is 1. The summed E-state index contributed by atoms with van der Waals surface area (Å²) >= 11 is 6.31. The molecule has 0 amide bonds. The van der Waals surface area contributed by atoms with Crippen LogP contribution >= 0.6 is 11.6 Å². The minimum Gasteiger partial charge on any atom is -0.423 e. The van der Waals surface area contributed by atoms with Crippen molar-refractivity contribution in [3.8, 4) is 0 Å². The molecule has 3 aromatic rings. The van der Waals surface area contributed by atoms with E-state index in [-0.39, 0.29) is 5.78 Å². The number of ketones is 1. The molecule has 0 saturated carbocycles. The summed E-state index contributed by atoms with van der Waals surface area (Å²) in [4.78, 5) is 25.9. The fourth-order valence-corrected chi connectivity index (χ4v) is 3.82. The first-order valence-electron chi connectivity index (χ1n) is 9.03. The molecule has 0 saturated heterocycles. The Bertz CT molecular complexity index is 1120. The Kier molecular flexibility index (Phi) is 4.09. The highest BCUT2D eigenvalue weighted by Crippen LogP contribution is 2.38. The van der Waals surface area contributed by atoms with Crippen molar-refractivity contribution in [3.05, 3.63) is 64.6 Å². The van der Waals surface area contributed by atoms with Crippen LogP contribution in [0.25, 0.3) is 11.1 Å². The van der Waals surface area contributed by atoms with Crippen LogP contribution in [0.3, 0.4) is 0 Å². The SMILES string of the molecule is O=C1CCCC2=C1C(c1cccnc1Cl)N=C(Nc1nc3ccccc3o1)N2. The molecule has 1 aromatic carbocycles. The average Bonchev–Trinajstić information content (AvgIpc) is 3.10. The van der Waals surface area contributed by atoms with Crippen molar-refractivity contribution in [1.29, 1.82) is 0 Å². The smallest absolute Gasteiger partial charge is 0.302 e. The van der Waals surface area contributed by atoms with Gasteiger partial charge in [-0.15, -0.1) is 0 Å². The number of allylic oxidation sites excluding steroid dienone is 1. The molecule has 28 heavy (non-hydrogen) atoms. The number of benzene rings is 1. The molecular weight excluding hydrogens is 378 g/mol. The lowest BCUT2D eigenvalue weighted by atomic mass is 9.86. The van der Waals surface area contributed by atoms with Crippen LogP contribution in [-0.2, 0) is 4.79 Å². The summed E-state index contributed by atoms with van der Waals surface area (Å²) in [6.07, 6.45) is 3.70. The van der Waals surface area contributed by atoms with Crippen molar-refractivity contribution in [3.63, 3.8) is 0 Å². The number of Topliss-reactive ketones (excluding diaryl/α,β-unsaturated/α-hetero) is 1. The number of nitrogens with zero attached hydrogens (tertiary/aromatic N) is 3. The maximum atomic E-state index is 12.6. The summed E-state index contributed by atoms with van der Waals surface area (Å²) in [5, 5.41) is 6.66. The van der Waals surface area contributed by atoms with E-state index in [1.807, 2.05) is 30.3 Å². The van der Waals surface area contributed by atoms with Crippen LogP contribution < -0.4 is 10.6 Å². The molecule has 7 nitrogen and oxygen atoms in total. The van der Waals surface area contributed by atoms with Crippen LogP contribution in [0.2, 0.25) is 5.15 Å². The van der Waals surface area contributed by atoms with Crippen molar-refractivity contribution in [2.24, 2.45) is 4.99 Å². The van der Waals surface area contributed by atoms with E-state index in [1.165, 1.54) is 0 Å². The molecule has 1 atom stereocenters. The summed E-state index contributed by atoms with van der Waals surface area (Å²) < 4.78 is 5.73. The van der Waals surface area contributed by atoms with Gasteiger partial charge in [-0.1, -0.05) is 29.8 Å². The summed E-state index contributed by atoms with van der Waals surface area (Å²) in [6.45, 7) is 0. The van der Waals surface area contributed by atoms with E-state index < -0.39 is 6.04 Å². The summed E-state index contributed by atoms with van der Waals surface area (Å²) in [6, 6.07) is 11.0. The Morgan fingerprint density at radius 2 is 2.07 bits per heavy atom. The second-order valence-electron chi connectivity index (χ2n) is 6.67. The van der Waals surface area contributed by atoms with E-state index >= 15 is 0 Å². The van der Waals surface area contributed by atoms with Crippen molar-refractivity contribution in [2.45, 2.75) is 25.3 Å². The van der Waals surface area contributed by atoms with Gasteiger partial charge in [0, 0.05) is 29.5 Å². The zero-order valence-electron chi connectivity index (χ0n) is 14.8. The quantitative estimate of drug-likeness (QED) is 0.639. The van der Waals surface area contributed by atoms with Crippen molar-refractivity contribution in [1.82, 2.24) is 15.3 Å². The number of para-hydroxylation sites is 2. The highest BCUT2D eigenvalue weighted by atomic mass is 35.5. The number of fused-ring (bicyclic) bond motifs is 1. The molecule has 0 radical (unpaired) electrons. The minimum absolute atomic E-state index is 0.0864. The van der Waals surface area contributed by atoms with Gasteiger partial charge in [-0.3, -0.25) is 10.1 Å². The normalized spacial score (nSPS) is 19.2. The number of hydrogen-bond acceptors (Lipinski definition) is 7. The van der Waals surface area contributed by atoms with Gasteiger partial charge in [0.2, 0.25) is 5.96 Å². The van der Waals surface area contributed by atoms with Crippen LogP contribution in [0.15, 0.2) is 63.3 Å². The van der Waals surface area contributed by atoms with Crippen LogP contribution in [0.1, 0.15) is 30.9 Å². The highest BCUT2D eigenvalue weighted by Gasteiger charge is 2.34. The Hall–Kier alpha value is -3.19. The molecule has 1 aliphatic heterocycles. The number of anilines is 1. The van der Waals surface area contributed by atoms with Gasteiger partial charge in [0.15, 0.2) is 11.4 Å². The molecule has 3 heterocycles. The first-order chi connectivity index (χ1) is 13.7. The summed E-state index contributed by atoms with van der Waals surface area (Å²) in [5.74, 6) is 0.549. The topological polar surface area (TPSA) is 92.4 Å². The van der Waals surface area contributed by atoms with Gasteiger partial charge < -0.3 is 9.73 Å². The molecule has 140 valence electrons. The monoisotopic (exact) mass is 393 g/mol. The molecule has 8 heteroatoms. The molecule has 2 aliphatic rings. The molecule has 2 N–H and O–H groups in total. The van der Waals surface area contributed by atoms with Crippen LogP contribution in [0.4, 0.5) is 6.01 Å². The van der Waals surface area contributed by atoms with Gasteiger partial charge in [0.25, 0.3) is 0 Å². The number of guanidine groups is 1. The fraction of sp³-hybridized carbons (Fsp3) is 0.200. The number of aliphatic imine (C=N–C) groups is 1. The van der Waals surface area contributed by atoms with Gasteiger partial charge in [-0.2, -0.15) is 4.98 Å². The Labute approximate surface area is 165 Å². The predicted octanol–water partition coefficient (Wildman–Crippen LogP) is 4.00. The first kappa shape index (κ1) is 16.9. The molecule has 0 fully saturated rings. The number of rotatable bonds is 2. The van der Waals surface area contributed by atoms with E-state index in [1.54, 1.807) is 12.3 Å². The standard InChI is InChI=1S/C20H16ClN5O2/c21-18-11(5-4-10-22-18)17-16-13(7-3-8-14(16)27)23-19(25-17)26-20-24-12-6-1-2-9-15(12)28-20/h1-2,4-6,9-10,17H,3,7-8H2,(H2,23,24,25,26). The van der Waals surface area contributed by atoms with Crippen molar-refractivity contribution < 1.29 is 9.21 Å². The summed E-state index contributed by atoms with van der Waals surface area (Å²) in [5.41, 5.74) is 3.64. The Balaban J connectivity index is 1.54. The molecule has 1 unspecified atom stereocenters. The lowest BCUT2D eigenvalue weighted by molar-refractivity contribution is -0.116. The van der Waals surface area contributed by atoms with Crippen LogP contribution in [0.5, 0.6) is 0 Å². The maximum absolute atomic E-state index is 12.6. The van der Waals surface area contributed by atoms with Gasteiger partial charge >= 0.3 is 6.01 Å². The number of aromatic nitrogens is 2. The largest absolute Gasteiger partial charge is 0.423 e. The average molecular weight is 394 g/mol. The third-order valence-corrected chi connectivity index (χ3v) is 5.17. The number of hydrogen-bond donors (Lipinski definition) is 2. The number of carbonyl (C=O) groups excluding carboxylic acids is 1. The fourth-order valence-electron chi connectivity index (χ4n) is 3.60. The minimum atomic E-state index is -0.517. The lowest BCUT2D eigenvalue weighted by Crippen LogP contribution is -2.38. The van der Waals surface area contributed by atoms with E-state index in [2.05, 4.69) is 20.6 Å². The second kappa shape index (κ2) is 6.76. The van der Waals surface area contributed by atoms with Gasteiger partial charge in [0.05, 0.1) is 0 Å². The molecule has 5 rings (SSSR count). The molecule has 0 spiro atoms. The Morgan fingerprint density at radius 1 is 1.18 bits per heavy atom. The van der Waals surface area contributed by atoms with Gasteiger partial charge in [-0.05, 0) is 31.0 Å². The lowest BCUT2D eigenvalue weighted by Gasteiger charge is -2.30. The third-order valence-electron chi connectivity index (χ3n) is 4.86. The number of halogens is 1. The van der Waals surface area contributed by atoms with Crippen LogP contribution in [0, 0.1) is 0 Å². The first-order valence-corrected chi connectivity index (χ1v) is 9.41. The van der Waals surface area contributed by atoms with Crippen molar-refractivity contribution >= 4 is 40.5 Å². The van der Waals surface area contributed by atoms with Gasteiger partial charge in [0.1, 0.15) is 16.7 Å².